The molecule has 90 valence electrons. The third-order valence-corrected chi connectivity index (χ3v) is 4.90. The van der Waals surface area contributed by atoms with E-state index in [-0.39, 0.29) is 5.54 Å². The Morgan fingerprint density at radius 1 is 1.27 bits per heavy atom. The predicted octanol–water partition coefficient (Wildman–Crippen LogP) is 2.58. The summed E-state index contributed by atoms with van der Waals surface area (Å²) in [6.07, 6.45) is 4.11. The highest BCUT2D eigenvalue weighted by molar-refractivity contribution is 9.09. The molecule has 0 radical (unpaired) electrons. The van der Waals surface area contributed by atoms with E-state index < -0.39 is 0 Å². The van der Waals surface area contributed by atoms with Gasteiger partial charge in [-0.25, -0.2) is 0 Å². The monoisotopic (exact) mass is 276 g/mol. The van der Waals surface area contributed by atoms with Gasteiger partial charge in [-0.1, -0.05) is 15.9 Å². The molecule has 15 heavy (non-hydrogen) atoms. The molecule has 0 aromatic carbocycles. The van der Waals surface area contributed by atoms with E-state index in [0.29, 0.717) is 0 Å². The molecular formula is C12H25BrN2. The van der Waals surface area contributed by atoms with Gasteiger partial charge in [-0.3, -0.25) is 0 Å². The Morgan fingerprint density at radius 2 is 1.87 bits per heavy atom. The van der Waals surface area contributed by atoms with Crippen LogP contribution in [-0.2, 0) is 0 Å². The fourth-order valence-corrected chi connectivity index (χ4v) is 2.37. The molecule has 1 saturated heterocycles. The smallest absolute Gasteiger partial charge is 0.0246 e. The molecule has 3 heteroatoms. The molecule has 0 aliphatic carbocycles. The van der Waals surface area contributed by atoms with Gasteiger partial charge in [0.1, 0.15) is 0 Å². The van der Waals surface area contributed by atoms with Crippen molar-refractivity contribution in [1.82, 2.24) is 9.80 Å². The molecule has 0 amide bonds. The van der Waals surface area contributed by atoms with E-state index in [9.17, 15) is 0 Å². The van der Waals surface area contributed by atoms with Crippen LogP contribution in [0.1, 0.15) is 33.1 Å². The molecule has 1 aliphatic heterocycles. The van der Waals surface area contributed by atoms with E-state index in [1.54, 1.807) is 0 Å². The van der Waals surface area contributed by atoms with Crippen molar-refractivity contribution in [2.45, 2.75) is 38.6 Å². The molecule has 1 rings (SSSR count). The van der Waals surface area contributed by atoms with Crippen molar-refractivity contribution < 1.29 is 0 Å². The van der Waals surface area contributed by atoms with Gasteiger partial charge in [0, 0.05) is 10.9 Å². The van der Waals surface area contributed by atoms with E-state index in [0.717, 1.165) is 5.33 Å². The van der Waals surface area contributed by atoms with Crippen LogP contribution in [0.25, 0.3) is 0 Å². The third-order valence-electron chi connectivity index (χ3n) is 3.53. The molecule has 0 aromatic heterocycles. The van der Waals surface area contributed by atoms with Crippen molar-refractivity contribution in [2.75, 3.05) is 38.6 Å². The van der Waals surface area contributed by atoms with Gasteiger partial charge in [0.15, 0.2) is 0 Å². The number of alkyl halides is 1. The van der Waals surface area contributed by atoms with Crippen molar-refractivity contribution in [2.24, 2.45) is 0 Å². The number of hydrogen-bond donors (Lipinski definition) is 0. The molecule has 1 aliphatic rings. The van der Waals surface area contributed by atoms with Crippen LogP contribution in [0, 0.1) is 0 Å². The van der Waals surface area contributed by atoms with Gasteiger partial charge in [-0.05, 0) is 66.3 Å². The Kier molecular flexibility index (Phi) is 5.58. The van der Waals surface area contributed by atoms with Crippen molar-refractivity contribution in [3.05, 3.63) is 0 Å². The normalized spacial score (nSPS) is 19.0. The zero-order valence-electron chi connectivity index (χ0n) is 10.4. The number of likely N-dealkylation sites (tertiary alicyclic amines) is 1. The highest BCUT2D eigenvalue weighted by Gasteiger charge is 2.21. The largest absolute Gasteiger partial charge is 0.303 e. The molecule has 0 unspecified atom stereocenters. The van der Waals surface area contributed by atoms with Gasteiger partial charge in [0.25, 0.3) is 0 Å². The summed E-state index contributed by atoms with van der Waals surface area (Å²) in [6, 6.07) is 0. The summed E-state index contributed by atoms with van der Waals surface area (Å²) in [6.45, 7) is 9.71. The molecule has 0 atom stereocenters. The summed E-state index contributed by atoms with van der Waals surface area (Å²) in [4.78, 5) is 5.05. The van der Waals surface area contributed by atoms with Crippen LogP contribution in [-0.4, -0.2) is 53.9 Å². The fraction of sp³-hybridized carbons (Fsp3) is 1.00. The first kappa shape index (κ1) is 13.5. The molecule has 1 fully saturated rings. The molecule has 2 nitrogen and oxygen atoms in total. The number of halogens is 1. The Morgan fingerprint density at radius 3 is 2.40 bits per heavy atom. The van der Waals surface area contributed by atoms with Gasteiger partial charge in [-0.15, -0.1) is 0 Å². The first-order valence-corrected chi connectivity index (χ1v) is 7.18. The van der Waals surface area contributed by atoms with Gasteiger partial charge in [0.2, 0.25) is 0 Å². The molecule has 0 aromatic rings. The highest BCUT2D eigenvalue weighted by Crippen LogP contribution is 2.15. The molecule has 0 bridgehead atoms. The SMILES string of the molecule is CN(CCCN1CCCC1)C(C)(C)CBr. The van der Waals surface area contributed by atoms with Crippen molar-refractivity contribution >= 4 is 15.9 Å². The molecule has 1 heterocycles. The quantitative estimate of drug-likeness (QED) is 0.689. The van der Waals surface area contributed by atoms with Gasteiger partial charge < -0.3 is 9.80 Å². The standard InChI is InChI=1S/C12H25BrN2/c1-12(2,11-13)14(3)7-6-10-15-8-4-5-9-15/h4-11H2,1-3H3. The van der Waals surface area contributed by atoms with Crippen LogP contribution in [0.3, 0.4) is 0 Å². The summed E-state index contributed by atoms with van der Waals surface area (Å²) >= 11 is 3.58. The van der Waals surface area contributed by atoms with Crippen LogP contribution in [0.4, 0.5) is 0 Å². The lowest BCUT2D eigenvalue weighted by Gasteiger charge is -2.34. The summed E-state index contributed by atoms with van der Waals surface area (Å²) in [5, 5.41) is 1.04. The molecular weight excluding hydrogens is 252 g/mol. The van der Waals surface area contributed by atoms with Crippen LogP contribution >= 0.6 is 15.9 Å². The van der Waals surface area contributed by atoms with Crippen molar-refractivity contribution in [3.63, 3.8) is 0 Å². The van der Waals surface area contributed by atoms with E-state index in [4.69, 9.17) is 0 Å². The Hall–Kier alpha value is 0.400. The van der Waals surface area contributed by atoms with Crippen LogP contribution in [0.15, 0.2) is 0 Å². The van der Waals surface area contributed by atoms with Crippen LogP contribution < -0.4 is 0 Å². The fourth-order valence-electron chi connectivity index (χ4n) is 1.94. The van der Waals surface area contributed by atoms with E-state index in [1.807, 2.05) is 0 Å². The number of nitrogens with zero attached hydrogens (tertiary/aromatic N) is 2. The zero-order valence-corrected chi connectivity index (χ0v) is 12.0. The second-order valence-corrected chi connectivity index (χ2v) is 5.83. The first-order chi connectivity index (χ1) is 7.06. The van der Waals surface area contributed by atoms with Crippen molar-refractivity contribution in [3.8, 4) is 0 Å². The summed E-state index contributed by atoms with van der Waals surface area (Å²) in [5.74, 6) is 0. The van der Waals surface area contributed by atoms with Crippen molar-refractivity contribution in [1.29, 1.82) is 0 Å². The minimum Gasteiger partial charge on any atom is -0.303 e. The Labute approximate surface area is 103 Å². The number of rotatable bonds is 6. The average molecular weight is 277 g/mol. The number of hydrogen-bond acceptors (Lipinski definition) is 2. The van der Waals surface area contributed by atoms with Crippen LogP contribution in [0.2, 0.25) is 0 Å². The predicted molar refractivity (Wildman–Crippen MR) is 70.8 cm³/mol. The van der Waals surface area contributed by atoms with E-state index in [2.05, 4.69) is 46.6 Å². The Balaban J connectivity index is 2.13. The molecule has 0 saturated carbocycles. The lowest BCUT2D eigenvalue weighted by molar-refractivity contribution is 0.171. The van der Waals surface area contributed by atoms with Gasteiger partial charge in [0.05, 0.1) is 0 Å². The van der Waals surface area contributed by atoms with Gasteiger partial charge >= 0.3 is 0 Å². The minimum absolute atomic E-state index is 0.283. The maximum atomic E-state index is 3.58. The van der Waals surface area contributed by atoms with E-state index >= 15 is 0 Å². The Bertz CT molecular complexity index is 176. The second-order valence-electron chi connectivity index (χ2n) is 5.27. The lowest BCUT2D eigenvalue weighted by Crippen LogP contribution is -2.43. The highest BCUT2D eigenvalue weighted by atomic mass is 79.9. The summed E-state index contributed by atoms with van der Waals surface area (Å²) < 4.78 is 0. The third kappa shape index (κ3) is 4.41. The zero-order chi connectivity index (χ0) is 11.3. The van der Waals surface area contributed by atoms with E-state index in [1.165, 1.54) is 45.4 Å². The average Bonchev–Trinajstić information content (AvgIpc) is 2.70. The topological polar surface area (TPSA) is 6.48 Å². The molecule has 0 N–H and O–H groups in total. The molecule has 0 spiro atoms. The van der Waals surface area contributed by atoms with Crippen LogP contribution in [0.5, 0.6) is 0 Å². The van der Waals surface area contributed by atoms with Gasteiger partial charge in [-0.2, -0.15) is 0 Å². The lowest BCUT2D eigenvalue weighted by atomic mass is 10.1. The summed E-state index contributed by atoms with van der Waals surface area (Å²) in [7, 11) is 2.23. The first-order valence-electron chi connectivity index (χ1n) is 6.06. The maximum Gasteiger partial charge on any atom is 0.0246 e. The minimum atomic E-state index is 0.283. The second kappa shape index (κ2) is 6.21. The maximum absolute atomic E-state index is 3.58. The summed E-state index contributed by atoms with van der Waals surface area (Å²) in [5.41, 5.74) is 0.283.